The van der Waals surface area contributed by atoms with Gasteiger partial charge in [-0.2, -0.15) is 26.3 Å². The summed E-state index contributed by atoms with van der Waals surface area (Å²) in [6, 6.07) is 6.10. The second-order valence-electron chi connectivity index (χ2n) is 9.87. The third-order valence-corrected chi connectivity index (χ3v) is 8.21. The zero-order chi connectivity index (χ0) is 27.6. The van der Waals surface area contributed by atoms with Gasteiger partial charge in [-0.3, -0.25) is 14.9 Å². The fraction of sp³-hybridized carbons (Fsp3) is 0.478. The number of sulfone groups is 1. The van der Waals surface area contributed by atoms with Gasteiger partial charge in [-0.05, 0) is 63.1 Å². The van der Waals surface area contributed by atoms with Crippen LogP contribution in [0.4, 0.5) is 26.3 Å². The molecule has 1 aromatic carbocycles. The van der Waals surface area contributed by atoms with Gasteiger partial charge >= 0.3 is 11.7 Å². The van der Waals surface area contributed by atoms with Crippen LogP contribution in [0.3, 0.4) is 0 Å². The SMILES string of the molecule is CC1(C)Cn2c(C(=O)C(F)(F)F)ccc2C2(CCN(C(=O)c3ccc(S(=O)(=O)C(F)(F)F)cc3)CC2)N1.[HH]. The van der Waals surface area contributed by atoms with Gasteiger partial charge in [-0.1, -0.05) is 0 Å². The summed E-state index contributed by atoms with van der Waals surface area (Å²) in [5.74, 6) is -2.46. The van der Waals surface area contributed by atoms with E-state index in [1.165, 1.54) is 15.5 Å². The molecule has 7 nitrogen and oxygen atoms in total. The van der Waals surface area contributed by atoms with Crippen LogP contribution in [0.1, 0.15) is 54.7 Å². The number of hydrogen-bond acceptors (Lipinski definition) is 5. The van der Waals surface area contributed by atoms with Crippen molar-refractivity contribution in [1.29, 1.82) is 0 Å². The van der Waals surface area contributed by atoms with E-state index in [0.717, 1.165) is 30.3 Å². The number of alkyl halides is 6. The van der Waals surface area contributed by atoms with Crippen molar-refractivity contribution in [2.24, 2.45) is 0 Å². The molecule has 204 valence electrons. The van der Waals surface area contributed by atoms with Crippen molar-refractivity contribution >= 4 is 21.5 Å². The summed E-state index contributed by atoms with van der Waals surface area (Å²) in [4.78, 5) is 25.4. The number of benzene rings is 1. The molecule has 0 aliphatic carbocycles. The van der Waals surface area contributed by atoms with Gasteiger partial charge in [-0.15, -0.1) is 0 Å². The van der Waals surface area contributed by atoms with Gasteiger partial charge in [0, 0.05) is 37.9 Å². The number of rotatable bonds is 3. The smallest absolute Gasteiger partial charge is 0.338 e. The Balaban J connectivity index is 0.00000400. The summed E-state index contributed by atoms with van der Waals surface area (Å²) in [7, 11) is -5.55. The molecule has 2 aromatic rings. The lowest BCUT2D eigenvalue weighted by Gasteiger charge is -2.51. The number of carbonyl (C=O) groups is 2. The molecule has 37 heavy (non-hydrogen) atoms. The first kappa shape index (κ1) is 27.2. The fourth-order valence-corrected chi connectivity index (χ4v) is 5.87. The van der Waals surface area contributed by atoms with Gasteiger partial charge in [0.25, 0.3) is 21.5 Å². The number of nitrogens with zero attached hydrogens (tertiary/aromatic N) is 2. The Bertz CT molecular complexity index is 1340. The van der Waals surface area contributed by atoms with Crippen molar-refractivity contribution in [3.8, 4) is 0 Å². The van der Waals surface area contributed by atoms with E-state index in [9.17, 15) is 44.3 Å². The summed E-state index contributed by atoms with van der Waals surface area (Å²) in [6.45, 7) is 4.06. The van der Waals surface area contributed by atoms with E-state index in [2.05, 4.69) is 5.32 Å². The molecular formula is C23H25F6N3O4S. The van der Waals surface area contributed by atoms with E-state index in [0.29, 0.717) is 18.5 Å². The average molecular weight is 554 g/mol. The topological polar surface area (TPSA) is 88.5 Å². The van der Waals surface area contributed by atoms with Gasteiger partial charge in [0.15, 0.2) is 0 Å². The largest absolute Gasteiger partial charge is 0.501 e. The molecule has 1 amide bonds. The highest BCUT2D eigenvalue weighted by Crippen LogP contribution is 2.41. The predicted octanol–water partition coefficient (Wildman–Crippen LogP) is 4.29. The van der Waals surface area contributed by atoms with Crippen LogP contribution in [0.25, 0.3) is 0 Å². The van der Waals surface area contributed by atoms with E-state index < -0.39 is 54.9 Å². The van der Waals surface area contributed by atoms with Gasteiger partial charge in [0.05, 0.1) is 16.1 Å². The minimum Gasteiger partial charge on any atom is -0.338 e. The molecular weight excluding hydrogens is 528 g/mol. The number of Topliss-reactive ketones (excluding diaryl/α,β-unsaturated/α-hetero) is 1. The number of hydrogen-bond donors (Lipinski definition) is 1. The van der Waals surface area contributed by atoms with Crippen molar-refractivity contribution in [2.75, 3.05) is 13.1 Å². The molecule has 1 aromatic heterocycles. The predicted molar refractivity (Wildman–Crippen MR) is 121 cm³/mol. The van der Waals surface area contributed by atoms with Crippen molar-refractivity contribution in [2.45, 2.75) is 60.9 Å². The molecule has 2 aliphatic rings. The van der Waals surface area contributed by atoms with Gasteiger partial charge in [-0.25, -0.2) is 8.42 Å². The summed E-state index contributed by atoms with van der Waals surface area (Å²) in [5.41, 5.74) is -6.90. The van der Waals surface area contributed by atoms with Gasteiger partial charge in [0.1, 0.15) is 0 Å². The first-order valence-electron chi connectivity index (χ1n) is 11.2. The normalized spacial score (nSPS) is 19.5. The molecule has 0 radical (unpaired) electrons. The van der Waals surface area contributed by atoms with Crippen molar-refractivity contribution < 1.29 is 45.8 Å². The molecule has 1 N–H and O–H groups in total. The zero-order valence-electron chi connectivity index (χ0n) is 19.7. The number of aromatic nitrogens is 1. The Morgan fingerprint density at radius 3 is 2.03 bits per heavy atom. The number of piperidine rings is 1. The molecule has 14 heteroatoms. The van der Waals surface area contributed by atoms with Crippen LogP contribution in [0, 0.1) is 0 Å². The van der Waals surface area contributed by atoms with Crippen LogP contribution in [0.5, 0.6) is 0 Å². The number of carbonyl (C=O) groups excluding carboxylic acids is 2. The molecule has 0 saturated carbocycles. The first-order valence-corrected chi connectivity index (χ1v) is 12.7. The summed E-state index contributed by atoms with van der Waals surface area (Å²) in [5, 5.41) is 3.47. The van der Waals surface area contributed by atoms with E-state index in [1.807, 2.05) is 0 Å². The lowest BCUT2D eigenvalue weighted by Crippen LogP contribution is -2.63. The number of fused-ring (bicyclic) bond motifs is 2. The van der Waals surface area contributed by atoms with Crippen molar-refractivity contribution in [1.82, 2.24) is 14.8 Å². The molecule has 1 fully saturated rings. The Hall–Kier alpha value is -2.87. The number of amides is 1. The van der Waals surface area contributed by atoms with Crippen molar-refractivity contribution in [3.05, 3.63) is 53.3 Å². The van der Waals surface area contributed by atoms with Gasteiger partial charge in [0.2, 0.25) is 0 Å². The molecule has 1 spiro atoms. The lowest BCUT2D eigenvalue weighted by atomic mass is 9.79. The van der Waals surface area contributed by atoms with Crippen LogP contribution >= 0.6 is 0 Å². The summed E-state index contributed by atoms with van der Waals surface area (Å²) in [6.07, 6.45) is -4.43. The van der Waals surface area contributed by atoms with E-state index in [-0.39, 0.29) is 26.6 Å². The quantitative estimate of drug-likeness (QED) is 0.453. The molecule has 2 aliphatic heterocycles. The Morgan fingerprint density at radius 2 is 1.51 bits per heavy atom. The molecule has 0 unspecified atom stereocenters. The van der Waals surface area contributed by atoms with Gasteiger partial charge < -0.3 is 9.47 Å². The zero-order valence-corrected chi connectivity index (χ0v) is 20.5. The maximum absolute atomic E-state index is 13.1. The number of likely N-dealkylation sites (tertiary alicyclic amines) is 1. The van der Waals surface area contributed by atoms with Crippen molar-refractivity contribution in [3.63, 3.8) is 0 Å². The molecule has 3 heterocycles. The Morgan fingerprint density at radius 1 is 0.946 bits per heavy atom. The maximum Gasteiger partial charge on any atom is 0.501 e. The summed E-state index contributed by atoms with van der Waals surface area (Å²) < 4.78 is 102. The molecule has 4 rings (SSSR count). The monoisotopic (exact) mass is 553 g/mol. The second kappa shape index (κ2) is 8.58. The van der Waals surface area contributed by atoms with Crippen LogP contribution in [0.15, 0.2) is 41.3 Å². The van der Waals surface area contributed by atoms with Crippen LogP contribution in [-0.2, 0) is 21.9 Å². The number of halogens is 6. The third-order valence-electron chi connectivity index (χ3n) is 6.71. The van der Waals surface area contributed by atoms with Crippen LogP contribution in [-0.4, -0.2) is 59.9 Å². The highest BCUT2D eigenvalue weighted by atomic mass is 32.2. The minimum atomic E-state index is -5.55. The average Bonchev–Trinajstić information content (AvgIpc) is 3.20. The number of nitrogens with one attached hydrogen (secondary N) is 1. The highest BCUT2D eigenvalue weighted by molar-refractivity contribution is 7.92. The van der Waals surface area contributed by atoms with E-state index in [1.54, 1.807) is 13.8 Å². The third kappa shape index (κ3) is 4.76. The van der Waals surface area contributed by atoms with Crippen LogP contribution in [0.2, 0.25) is 0 Å². The number of ketones is 1. The molecule has 0 bridgehead atoms. The van der Waals surface area contributed by atoms with E-state index >= 15 is 0 Å². The Kier molecular flexibility index (Phi) is 6.30. The molecule has 0 atom stereocenters. The fourth-order valence-electron chi connectivity index (χ4n) is 5.11. The minimum absolute atomic E-state index is 0. The van der Waals surface area contributed by atoms with Crippen LogP contribution < -0.4 is 5.32 Å². The standard InChI is InChI=1S/C23H23F6N3O4S.H2/c1-20(2)13-32-16(18(33)22(24,25)26)7-8-17(32)21(30-20)9-11-31(12-10-21)19(34)14-3-5-15(6-4-14)37(35,36)23(27,28)29;/h3-8,30H,9-13H2,1-2H3;1H. The highest BCUT2D eigenvalue weighted by Gasteiger charge is 2.49. The lowest BCUT2D eigenvalue weighted by molar-refractivity contribution is -0.0892. The maximum atomic E-state index is 13.1. The first-order chi connectivity index (χ1) is 16.9. The second-order valence-corrected chi connectivity index (χ2v) is 11.8. The summed E-state index contributed by atoms with van der Waals surface area (Å²) >= 11 is 0. The Labute approximate surface area is 209 Å². The molecule has 1 saturated heterocycles. The van der Waals surface area contributed by atoms with E-state index in [4.69, 9.17) is 0 Å².